The van der Waals surface area contributed by atoms with Crippen LogP contribution in [0.2, 0.25) is 0 Å². The predicted molar refractivity (Wildman–Crippen MR) is 213 cm³/mol. The van der Waals surface area contributed by atoms with E-state index in [9.17, 15) is 0 Å². The second-order valence-corrected chi connectivity index (χ2v) is 13.1. The molecular weight excluding hydrogens is 617 g/mol. The fourth-order valence-electron chi connectivity index (χ4n) is 7.31. The molecule has 7 aromatic carbocycles. The molecule has 0 amide bonds. The summed E-state index contributed by atoms with van der Waals surface area (Å²) >= 11 is 0. The van der Waals surface area contributed by atoms with Gasteiger partial charge in [-0.3, -0.25) is 0 Å². The molecule has 0 saturated carbocycles. The lowest BCUT2D eigenvalue weighted by atomic mass is 9.75. The number of aromatic nitrogens is 2. The molecule has 1 heterocycles. The van der Waals surface area contributed by atoms with Crippen LogP contribution in [0.1, 0.15) is 28.2 Å². The first kappa shape index (κ1) is 30.4. The minimum Gasteiger partial charge on any atom is -0.228 e. The van der Waals surface area contributed by atoms with Crippen molar-refractivity contribution in [2.24, 2.45) is 0 Å². The van der Waals surface area contributed by atoms with Crippen LogP contribution >= 0.6 is 0 Å². The third-order valence-corrected chi connectivity index (χ3v) is 9.93. The van der Waals surface area contributed by atoms with Crippen molar-refractivity contribution in [1.29, 1.82) is 0 Å². The highest BCUT2D eigenvalue weighted by Crippen LogP contribution is 2.47. The molecule has 1 atom stereocenters. The minimum atomic E-state index is 0.0319. The first-order valence-corrected chi connectivity index (χ1v) is 17.4. The Balaban J connectivity index is 1.13. The molecule has 2 heteroatoms. The molecule has 1 aliphatic rings. The number of allylic oxidation sites excluding steroid dienone is 2. The molecule has 0 bridgehead atoms. The van der Waals surface area contributed by atoms with Gasteiger partial charge in [0, 0.05) is 22.6 Å². The number of hydrogen-bond acceptors (Lipinski definition) is 2. The molecule has 0 radical (unpaired) electrons. The molecular formula is C49H34N2. The molecule has 1 aliphatic carbocycles. The van der Waals surface area contributed by atoms with E-state index in [1.807, 2.05) is 24.3 Å². The van der Waals surface area contributed by atoms with E-state index in [0.717, 1.165) is 39.2 Å². The second-order valence-electron chi connectivity index (χ2n) is 13.1. The Hall–Kier alpha value is -6.64. The molecule has 8 aromatic rings. The average Bonchev–Trinajstić information content (AvgIpc) is 3.22. The predicted octanol–water partition coefficient (Wildman–Crippen LogP) is 12.5. The van der Waals surface area contributed by atoms with Gasteiger partial charge >= 0.3 is 0 Å². The van der Waals surface area contributed by atoms with E-state index in [0.29, 0.717) is 5.82 Å². The highest BCUT2D eigenvalue weighted by Gasteiger charge is 2.27. The zero-order valence-corrected chi connectivity index (χ0v) is 28.1. The topological polar surface area (TPSA) is 25.8 Å². The van der Waals surface area contributed by atoms with Crippen LogP contribution in [0.3, 0.4) is 0 Å². The van der Waals surface area contributed by atoms with Crippen molar-refractivity contribution in [3.63, 3.8) is 0 Å². The third-order valence-electron chi connectivity index (χ3n) is 9.93. The van der Waals surface area contributed by atoms with Gasteiger partial charge in [-0.15, -0.1) is 0 Å². The maximum atomic E-state index is 5.11. The van der Waals surface area contributed by atoms with Crippen LogP contribution in [-0.2, 0) is 0 Å². The highest BCUT2D eigenvalue weighted by molar-refractivity contribution is 6.05. The van der Waals surface area contributed by atoms with Gasteiger partial charge in [0.2, 0.25) is 0 Å². The summed E-state index contributed by atoms with van der Waals surface area (Å²) in [6.45, 7) is 4.68. The van der Waals surface area contributed by atoms with Gasteiger partial charge in [0.05, 0.1) is 11.4 Å². The molecule has 0 fully saturated rings. The highest BCUT2D eigenvalue weighted by atomic mass is 14.9. The zero-order chi connectivity index (χ0) is 34.1. The summed E-state index contributed by atoms with van der Waals surface area (Å²) in [7, 11) is 0. The Kier molecular flexibility index (Phi) is 7.75. The number of hydrogen-bond donors (Lipinski definition) is 0. The average molecular weight is 651 g/mol. The summed E-state index contributed by atoms with van der Waals surface area (Å²) < 4.78 is 0. The van der Waals surface area contributed by atoms with Gasteiger partial charge in [-0.25, -0.2) is 9.97 Å². The van der Waals surface area contributed by atoms with E-state index in [-0.39, 0.29) is 5.92 Å². The van der Waals surface area contributed by atoms with E-state index in [1.165, 1.54) is 44.2 Å². The molecule has 1 aromatic heterocycles. The number of benzene rings is 7. The molecule has 0 saturated heterocycles. The SMILES string of the molecule is C=C1c2ccc3ccccc3c2C(c2ccccc2)=CC1c1ccc(-c2cc(-c3cccc(-c4ccccc4)c3)nc(-c3ccccc3)n2)cc1. The van der Waals surface area contributed by atoms with Crippen LogP contribution in [0, 0.1) is 0 Å². The van der Waals surface area contributed by atoms with Gasteiger partial charge in [0.1, 0.15) is 0 Å². The smallest absolute Gasteiger partial charge is 0.160 e. The number of fused-ring (bicyclic) bond motifs is 3. The molecule has 51 heavy (non-hydrogen) atoms. The maximum absolute atomic E-state index is 5.11. The minimum absolute atomic E-state index is 0.0319. The molecule has 9 rings (SSSR count). The van der Waals surface area contributed by atoms with Crippen molar-refractivity contribution in [3.05, 3.63) is 217 Å². The van der Waals surface area contributed by atoms with Crippen molar-refractivity contribution in [2.45, 2.75) is 5.92 Å². The van der Waals surface area contributed by atoms with Crippen LogP contribution < -0.4 is 0 Å². The first-order valence-electron chi connectivity index (χ1n) is 17.4. The lowest BCUT2D eigenvalue weighted by Gasteiger charge is -2.29. The lowest BCUT2D eigenvalue weighted by Crippen LogP contribution is -2.09. The lowest BCUT2D eigenvalue weighted by molar-refractivity contribution is 1.09. The van der Waals surface area contributed by atoms with Crippen LogP contribution in [0.15, 0.2) is 195 Å². The van der Waals surface area contributed by atoms with E-state index in [1.54, 1.807) is 0 Å². The maximum Gasteiger partial charge on any atom is 0.160 e. The Bertz CT molecular complexity index is 2570. The molecule has 2 nitrogen and oxygen atoms in total. The molecule has 0 spiro atoms. The van der Waals surface area contributed by atoms with Gasteiger partial charge in [0.25, 0.3) is 0 Å². The molecule has 0 N–H and O–H groups in total. The number of nitrogens with zero attached hydrogens (tertiary/aromatic N) is 2. The van der Waals surface area contributed by atoms with Crippen molar-refractivity contribution in [2.75, 3.05) is 0 Å². The summed E-state index contributed by atoms with van der Waals surface area (Å²) in [5.74, 6) is 0.738. The summed E-state index contributed by atoms with van der Waals surface area (Å²) in [6.07, 6.45) is 2.40. The third kappa shape index (κ3) is 5.77. The largest absolute Gasteiger partial charge is 0.228 e. The quantitative estimate of drug-likeness (QED) is 0.179. The van der Waals surface area contributed by atoms with Gasteiger partial charge < -0.3 is 0 Å². The molecule has 0 aliphatic heterocycles. The van der Waals surface area contributed by atoms with Crippen molar-refractivity contribution in [1.82, 2.24) is 9.97 Å². The first-order chi connectivity index (χ1) is 25.2. The summed E-state index contributed by atoms with van der Waals surface area (Å²) in [6, 6.07) is 64.1. The summed E-state index contributed by atoms with van der Waals surface area (Å²) in [5, 5.41) is 2.49. The van der Waals surface area contributed by atoms with Gasteiger partial charge in [-0.05, 0) is 67.4 Å². The van der Waals surface area contributed by atoms with Gasteiger partial charge in [-0.1, -0.05) is 183 Å². The van der Waals surface area contributed by atoms with E-state index >= 15 is 0 Å². The molecule has 240 valence electrons. The van der Waals surface area contributed by atoms with Crippen LogP contribution in [0.4, 0.5) is 0 Å². The van der Waals surface area contributed by atoms with E-state index < -0.39 is 0 Å². The van der Waals surface area contributed by atoms with E-state index in [4.69, 9.17) is 9.97 Å². The zero-order valence-electron chi connectivity index (χ0n) is 28.1. The second kappa shape index (κ2) is 13.0. The Morgan fingerprint density at radius 1 is 0.431 bits per heavy atom. The van der Waals surface area contributed by atoms with Gasteiger partial charge in [-0.2, -0.15) is 0 Å². The Labute approximate surface area is 298 Å². The number of rotatable bonds is 6. The van der Waals surface area contributed by atoms with Gasteiger partial charge in [0.15, 0.2) is 5.82 Å². The standard InChI is InChI=1S/C49H34N2/c1-33-42-29-28-36-18-11-12-23-43(36)48(42)45(35-16-7-3-8-17-35)31-44(33)37-24-26-38(27-25-37)46-32-47(51-49(50-46)39-19-9-4-10-20-39)41-22-13-21-40(30-41)34-14-5-2-6-15-34/h2-32,44H,1H2. The Morgan fingerprint density at radius 3 is 1.75 bits per heavy atom. The van der Waals surface area contributed by atoms with Crippen molar-refractivity contribution >= 4 is 21.9 Å². The fourth-order valence-corrected chi connectivity index (χ4v) is 7.31. The van der Waals surface area contributed by atoms with Crippen molar-refractivity contribution < 1.29 is 0 Å². The summed E-state index contributed by atoms with van der Waals surface area (Å²) in [4.78, 5) is 10.2. The van der Waals surface area contributed by atoms with Crippen LogP contribution in [0.25, 0.3) is 66.9 Å². The summed E-state index contributed by atoms with van der Waals surface area (Å²) in [5.41, 5.74) is 14.4. The van der Waals surface area contributed by atoms with Crippen LogP contribution in [0.5, 0.6) is 0 Å². The van der Waals surface area contributed by atoms with Crippen molar-refractivity contribution in [3.8, 4) is 45.0 Å². The fraction of sp³-hybridized carbons (Fsp3) is 0.0204. The Morgan fingerprint density at radius 2 is 1.02 bits per heavy atom. The molecule has 1 unspecified atom stereocenters. The monoisotopic (exact) mass is 650 g/mol. The normalized spacial score (nSPS) is 13.8. The van der Waals surface area contributed by atoms with Crippen LogP contribution in [-0.4, -0.2) is 9.97 Å². The van der Waals surface area contributed by atoms with E-state index in [2.05, 4.69) is 170 Å².